The second-order valence-corrected chi connectivity index (χ2v) is 8.28. The maximum Gasteiger partial charge on any atom is 0.261 e. The average Bonchev–Trinajstić information content (AvgIpc) is 3.23. The molecule has 2 fully saturated rings. The number of hydrogen-bond acceptors (Lipinski definition) is 3. The van der Waals surface area contributed by atoms with Gasteiger partial charge < -0.3 is 10.2 Å². The monoisotopic (exact) mass is 510 g/mol. The summed E-state index contributed by atoms with van der Waals surface area (Å²) >= 11 is 0. The standard InChI is InChI=1S/C22H30N4O2.HI/c1-2-23-21(25-15-12-22(16-25)10-7-11-22)24-13-5-6-14-26-19(27)17-8-3-4-9-18(17)20(26)28;/h3-4,8-9H,2,5-7,10-16H2,1H3,(H,23,24);1H. The molecular weight excluding hydrogens is 479 g/mol. The lowest BCUT2D eigenvalue weighted by Gasteiger charge is -2.38. The molecule has 1 saturated heterocycles. The van der Waals surface area contributed by atoms with Crippen molar-refractivity contribution in [2.24, 2.45) is 10.4 Å². The predicted molar refractivity (Wildman–Crippen MR) is 125 cm³/mol. The molecule has 1 spiro atoms. The topological polar surface area (TPSA) is 65.0 Å². The first-order chi connectivity index (χ1) is 13.6. The molecule has 2 amide bonds. The fraction of sp³-hybridized carbons (Fsp3) is 0.591. The number of nitrogens with zero attached hydrogens (tertiary/aromatic N) is 3. The Labute approximate surface area is 190 Å². The Morgan fingerprint density at radius 2 is 1.79 bits per heavy atom. The highest BCUT2D eigenvalue weighted by Crippen LogP contribution is 2.47. The summed E-state index contributed by atoms with van der Waals surface area (Å²) in [5, 5.41) is 3.43. The Morgan fingerprint density at radius 1 is 1.10 bits per heavy atom. The maximum atomic E-state index is 12.4. The number of halogens is 1. The minimum atomic E-state index is -0.166. The number of guanidine groups is 1. The molecule has 6 nitrogen and oxygen atoms in total. The van der Waals surface area contributed by atoms with Crippen LogP contribution in [-0.4, -0.2) is 60.3 Å². The van der Waals surface area contributed by atoms with Crippen LogP contribution in [0.3, 0.4) is 0 Å². The first-order valence-electron chi connectivity index (χ1n) is 10.6. The van der Waals surface area contributed by atoms with Crippen molar-refractivity contribution in [1.82, 2.24) is 15.1 Å². The van der Waals surface area contributed by atoms with Crippen LogP contribution in [0.1, 0.15) is 66.2 Å². The molecule has 0 bridgehead atoms. The fourth-order valence-corrected chi connectivity index (χ4v) is 4.64. The fourth-order valence-electron chi connectivity index (χ4n) is 4.64. The molecule has 7 heteroatoms. The zero-order valence-electron chi connectivity index (χ0n) is 17.2. The average molecular weight is 510 g/mol. The van der Waals surface area contributed by atoms with Gasteiger partial charge in [-0.25, -0.2) is 0 Å². The largest absolute Gasteiger partial charge is 0.357 e. The Morgan fingerprint density at radius 3 is 2.34 bits per heavy atom. The number of carbonyl (C=O) groups is 2. The van der Waals surface area contributed by atoms with E-state index in [9.17, 15) is 9.59 Å². The summed E-state index contributed by atoms with van der Waals surface area (Å²) in [7, 11) is 0. The Bertz CT molecular complexity index is 756. The number of unbranched alkanes of at least 4 members (excludes halogenated alkanes) is 1. The molecule has 1 aromatic carbocycles. The van der Waals surface area contributed by atoms with E-state index in [1.54, 1.807) is 24.3 Å². The summed E-state index contributed by atoms with van der Waals surface area (Å²) in [5.74, 6) is 0.688. The van der Waals surface area contributed by atoms with E-state index in [0.29, 0.717) is 23.1 Å². The number of aliphatic imine (C=N–C) groups is 1. The van der Waals surface area contributed by atoms with Crippen LogP contribution in [0.15, 0.2) is 29.3 Å². The van der Waals surface area contributed by atoms with E-state index in [4.69, 9.17) is 4.99 Å². The molecule has 1 aliphatic carbocycles. The molecular formula is C22H31IN4O2. The van der Waals surface area contributed by atoms with Gasteiger partial charge in [0.15, 0.2) is 5.96 Å². The predicted octanol–water partition coefficient (Wildman–Crippen LogP) is 3.52. The van der Waals surface area contributed by atoms with Gasteiger partial charge in [-0.15, -0.1) is 24.0 Å². The van der Waals surface area contributed by atoms with Crippen LogP contribution in [0.5, 0.6) is 0 Å². The first-order valence-corrected chi connectivity index (χ1v) is 10.6. The molecule has 29 heavy (non-hydrogen) atoms. The van der Waals surface area contributed by atoms with Crippen molar-refractivity contribution in [3.8, 4) is 0 Å². The summed E-state index contributed by atoms with van der Waals surface area (Å²) in [6.07, 6.45) is 7.03. The van der Waals surface area contributed by atoms with Gasteiger partial charge in [-0.2, -0.15) is 0 Å². The smallest absolute Gasteiger partial charge is 0.261 e. The van der Waals surface area contributed by atoms with Crippen molar-refractivity contribution in [1.29, 1.82) is 0 Å². The van der Waals surface area contributed by atoms with Crippen molar-refractivity contribution in [2.45, 2.75) is 45.4 Å². The summed E-state index contributed by atoms with van der Waals surface area (Å²) in [4.78, 5) is 33.4. The quantitative estimate of drug-likeness (QED) is 0.209. The summed E-state index contributed by atoms with van der Waals surface area (Å²) in [6, 6.07) is 7.06. The molecule has 2 heterocycles. The van der Waals surface area contributed by atoms with Gasteiger partial charge in [0.2, 0.25) is 0 Å². The zero-order chi connectivity index (χ0) is 19.6. The number of amides is 2. The lowest BCUT2D eigenvalue weighted by molar-refractivity contribution is 0.0652. The third-order valence-corrected chi connectivity index (χ3v) is 6.42. The highest BCUT2D eigenvalue weighted by molar-refractivity contribution is 14.0. The molecule has 1 N–H and O–H groups in total. The van der Waals surface area contributed by atoms with Gasteiger partial charge in [-0.05, 0) is 56.6 Å². The van der Waals surface area contributed by atoms with Gasteiger partial charge >= 0.3 is 0 Å². The van der Waals surface area contributed by atoms with Crippen LogP contribution in [0.4, 0.5) is 0 Å². The molecule has 4 rings (SSSR count). The normalized spacial score (nSPS) is 20.0. The van der Waals surface area contributed by atoms with Crippen LogP contribution >= 0.6 is 24.0 Å². The van der Waals surface area contributed by atoms with E-state index in [2.05, 4.69) is 17.1 Å². The van der Waals surface area contributed by atoms with Gasteiger partial charge in [-0.3, -0.25) is 19.5 Å². The lowest BCUT2D eigenvalue weighted by atomic mass is 9.68. The summed E-state index contributed by atoms with van der Waals surface area (Å²) in [5.41, 5.74) is 1.61. The van der Waals surface area contributed by atoms with Crippen LogP contribution in [0.25, 0.3) is 0 Å². The van der Waals surface area contributed by atoms with Gasteiger partial charge in [-0.1, -0.05) is 18.6 Å². The first kappa shape index (κ1) is 22.1. The number of rotatable bonds is 6. The Balaban J connectivity index is 0.00000240. The molecule has 1 saturated carbocycles. The van der Waals surface area contributed by atoms with Gasteiger partial charge in [0.05, 0.1) is 11.1 Å². The van der Waals surface area contributed by atoms with Crippen molar-refractivity contribution in [2.75, 3.05) is 32.7 Å². The summed E-state index contributed by atoms with van der Waals surface area (Å²) < 4.78 is 0. The van der Waals surface area contributed by atoms with Gasteiger partial charge in [0.25, 0.3) is 11.8 Å². The number of carbonyl (C=O) groups excluding carboxylic acids is 2. The van der Waals surface area contributed by atoms with Crippen LogP contribution in [0, 0.1) is 5.41 Å². The number of imide groups is 1. The molecule has 0 aromatic heterocycles. The van der Waals surface area contributed by atoms with Crippen molar-refractivity contribution < 1.29 is 9.59 Å². The highest BCUT2D eigenvalue weighted by atomic mass is 127. The number of hydrogen-bond donors (Lipinski definition) is 1. The van der Waals surface area contributed by atoms with Gasteiger partial charge in [0, 0.05) is 32.7 Å². The Kier molecular flexibility index (Phi) is 7.19. The molecule has 0 radical (unpaired) electrons. The number of benzene rings is 1. The van der Waals surface area contributed by atoms with E-state index in [1.807, 2.05) is 0 Å². The van der Waals surface area contributed by atoms with Crippen molar-refractivity contribution in [3.63, 3.8) is 0 Å². The minimum Gasteiger partial charge on any atom is -0.357 e. The van der Waals surface area contributed by atoms with E-state index >= 15 is 0 Å². The molecule has 2 aliphatic heterocycles. The molecule has 0 unspecified atom stereocenters. The van der Waals surface area contributed by atoms with E-state index < -0.39 is 0 Å². The number of fused-ring (bicyclic) bond motifs is 1. The SMILES string of the molecule is CCNC(=NCCCCN1C(=O)c2ccccc2C1=O)N1CCC2(CCC2)C1.I. The third kappa shape index (κ3) is 4.44. The maximum absolute atomic E-state index is 12.4. The second kappa shape index (κ2) is 9.45. The molecule has 158 valence electrons. The van der Waals surface area contributed by atoms with Crippen LogP contribution in [0.2, 0.25) is 0 Å². The lowest BCUT2D eigenvalue weighted by Crippen LogP contribution is -2.42. The van der Waals surface area contributed by atoms with Gasteiger partial charge in [0.1, 0.15) is 0 Å². The number of likely N-dealkylation sites (tertiary alicyclic amines) is 1. The Hall–Kier alpha value is -1.64. The summed E-state index contributed by atoms with van der Waals surface area (Å²) in [6.45, 7) is 6.39. The van der Waals surface area contributed by atoms with Crippen LogP contribution in [-0.2, 0) is 0 Å². The molecule has 1 aromatic rings. The second-order valence-electron chi connectivity index (χ2n) is 8.28. The van der Waals surface area contributed by atoms with Crippen LogP contribution < -0.4 is 5.32 Å². The molecule has 3 aliphatic rings. The highest BCUT2D eigenvalue weighted by Gasteiger charge is 2.43. The van der Waals surface area contributed by atoms with Crippen molar-refractivity contribution >= 4 is 41.8 Å². The molecule has 0 atom stereocenters. The van der Waals surface area contributed by atoms with E-state index in [-0.39, 0.29) is 35.8 Å². The third-order valence-electron chi connectivity index (χ3n) is 6.42. The van der Waals surface area contributed by atoms with Crippen molar-refractivity contribution in [3.05, 3.63) is 35.4 Å². The zero-order valence-corrected chi connectivity index (χ0v) is 19.5. The van der Waals surface area contributed by atoms with E-state index in [0.717, 1.165) is 45.0 Å². The minimum absolute atomic E-state index is 0. The van der Waals surface area contributed by atoms with E-state index in [1.165, 1.54) is 30.6 Å². The number of nitrogens with one attached hydrogen (secondary N) is 1.